The maximum Gasteiger partial charge on any atom is 0.155 e. The standard InChI is InChI=1S/C10H18O2/c1-5-9(7(2)3)10(12)6-8(4)11/h6-7,9,12H,5H2,1-4H3. The topological polar surface area (TPSA) is 37.3 Å². The normalized spacial score (nSPS) is 14.9. The summed E-state index contributed by atoms with van der Waals surface area (Å²) in [5.41, 5.74) is 0. The van der Waals surface area contributed by atoms with Crippen LogP contribution < -0.4 is 0 Å². The first-order valence-electron chi connectivity index (χ1n) is 4.40. The highest BCUT2D eigenvalue weighted by Crippen LogP contribution is 2.21. The molecule has 0 heterocycles. The second kappa shape index (κ2) is 4.96. The Kier molecular flexibility index (Phi) is 4.64. The van der Waals surface area contributed by atoms with Gasteiger partial charge in [-0.05, 0) is 19.3 Å². The molecule has 0 saturated carbocycles. The number of ketones is 1. The molecule has 0 fully saturated rings. The van der Waals surface area contributed by atoms with Crippen molar-refractivity contribution in [3.63, 3.8) is 0 Å². The van der Waals surface area contributed by atoms with Crippen LogP contribution in [0.5, 0.6) is 0 Å². The van der Waals surface area contributed by atoms with E-state index in [9.17, 15) is 9.90 Å². The van der Waals surface area contributed by atoms with Gasteiger partial charge in [-0.3, -0.25) is 4.79 Å². The van der Waals surface area contributed by atoms with Gasteiger partial charge in [0, 0.05) is 12.0 Å². The van der Waals surface area contributed by atoms with Gasteiger partial charge in [-0.25, -0.2) is 0 Å². The molecule has 0 rings (SSSR count). The molecule has 12 heavy (non-hydrogen) atoms. The predicted molar refractivity (Wildman–Crippen MR) is 50.0 cm³/mol. The van der Waals surface area contributed by atoms with E-state index in [1.165, 1.54) is 13.0 Å². The molecule has 1 N–H and O–H groups in total. The Balaban J connectivity index is 4.40. The zero-order valence-corrected chi connectivity index (χ0v) is 8.29. The maximum atomic E-state index is 10.7. The van der Waals surface area contributed by atoms with E-state index >= 15 is 0 Å². The lowest BCUT2D eigenvalue weighted by molar-refractivity contribution is -0.112. The fraction of sp³-hybridized carbons (Fsp3) is 0.700. The molecule has 0 saturated heterocycles. The summed E-state index contributed by atoms with van der Waals surface area (Å²) < 4.78 is 0. The summed E-state index contributed by atoms with van der Waals surface area (Å²) >= 11 is 0. The lowest BCUT2D eigenvalue weighted by atomic mass is 9.91. The van der Waals surface area contributed by atoms with Gasteiger partial charge in [-0.1, -0.05) is 20.8 Å². The lowest BCUT2D eigenvalue weighted by Gasteiger charge is -2.17. The largest absolute Gasteiger partial charge is 0.512 e. The minimum Gasteiger partial charge on any atom is -0.512 e. The van der Waals surface area contributed by atoms with Gasteiger partial charge >= 0.3 is 0 Å². The lowest BCUT2D eigenvalue weighted by Crippen LogP contribution is -2.11. The Morgan fingerprint density at radius 1 is 1.50 bits per heavy atom. The number of carbonyl (C=O) groups excluding carboxylic acids is 1. The molecule has 0 bridgehead atoms. The number of rotatable bonds is 4. The van der Waals surface area contributed by atoms with Crippen LogP contribution in [0.15, 0.2) is 11.8 Å². The van der Waals surface area contributed by atoms with Gasteiger partial charge in [0.25, 0.3) is 0 Å². The van der Waals surface area contributed by atoms with Gasteiger partial charge in [-0.15, -0.1) is 0 Å². The van der Waals surface area contributed by atoms with Crippen molar-refractivity contribution in [1.82, 2.24) is 0 Å². The third kappa shape index (κ3) is 3.56. The quantitative estimate of drug-likeness (QED) is 0.520. The van der Waals surface area contributed by atoms with Gasteiger partial charge < -0.3 is 5.11 Å². The fourth-order valence-corrected chi connectivity index (χ4v) is 1.34. The molecule has 0 aliphatic rings. The van der Waals surface area contributed by atoms with Crippen LogP contribution in [-0.2, 0) is 4.79 Å². The molecule has 1 atom stereocenters. The molecule has 2 nitrogen and oxygen atoms in total. The average molecular weight is 170 g/mol. The Labute approximate surface area is 74.3 Å². The Bertz CT molecular complexity index is 180. The minimum absolute atomic E-state index is 0.0911. The van der Waals surface area contributed by atoms with Crippen LogP contribution in [0, 0.1) is 11.8 Å². The van der Waals surface area contributed by atoms with E-state index in [1.807, 2.05) is 20.8 Å². The Morgan fingerprint density at radius 2 is 2.00 bits per heavy atom. The molecular weight excluding hydrogens is 152 g/mol. The highest BCUT2D eigenvalue weighted by atomic mass is 16.3. The number of allylic oxidation sites excluding steroid dienone is 2. The summed E-state index contributed by atoms with van der Waals surface area (Å²) in [6, 6.07) is 0. The first-order valence-corrected chi connectivity index (χ1v) is 4.40. The summed E-state index contributed by atoms with van der Waals surface area (Å²) in [7, 11) is 0. The molecule has 70 valence electrons. The second-order valence-electron chi connectivity index (χ2n) is 3.44. The monoisotopic (exact) mass is 170 g/mol. The smallest absolute Gasteiger partial charge is 0.155 e. The number of aliphatic hydroxyl groups excluding tert-OH is 1. The van der Waals surface area contributed by atoms with Crippen molar-refractivity contribution in [1.29, 1.82) is 0 Å². The van der Waals surface area contributed by atoms with Crippen molar-refractivity contribution >= 4 is 5.78 Å². The molecule has 0 spiro atoms. The summed E-state index contributed by atoms with van der Waals surface area (Å²) in [6.45, 7) is 7.54. The van der Waals surface area contributed by atoms with Crippen LogP contribution >= 0.6 is 0 Å². The second-order valence-corrected chi connectivity index (χ2v) is 3.44. The molecule has 0 aliphatic carbocycles. The molecular formula is C10H18O2. The number of aliphatic hydroxyl groups is 1. The first kappa shape index (κ1) is 11.2. The molecule has 0 aromatic heterocycles. The van der Waals surface area contributed by atoms with Crippen LogP contribution in [0.1, 0.15) is 34.1 Å². The highest BCUT2D eigenvalue weighted by molar-refractivity contribution is 5.87. The minimum atomic E-state index is -0.0911. The van der Waals surface area contributed by atoms with Gasteiger partial charge in [0.05, 0.1) is 5.76 Å². The molecule has 1 unspecified atom stereocenters. The van der Waals surface area contributed by atoms with Gasteiger partial charge in [0.2, 0.25) is 0 Å². The van der Waals surface area contributed by atoms with Crippen molar-refractivity contribution in [2.24, 2.45) is 11.8 Å². The number of hydrogen-bond acceptors (Lipinski definition) is 2. The van der Waals surface area contributed by atoms with Crippen LogP contribution in [0.3, 0.4) is 0 Å². The van der Waals surface area contributed by atoms with E-state index in [-0.39, 0.29) is 17.5 Å². The summed E-state index contributed by atoms with van der Waals surface area (Å²) in [5.74, 6) is 0.631. The van der Waals surface area contributed by atoms with Gasteiger partial charge in [-0.2, -0.15) is 0 Å². The van der Waals surface area contributed by atoms with E-state index in [1.54, 1.807) is 0 Å². The summed E-state index contributed by atoms with van der Waals surface area (Å²) in [5, 5.41) is 9.49. The molecule has 2 heteroatoms. The van der Waals surface area contributed by atoms with Crippen molar-refractivity contribution in [3.05, 3.63) is 11.8 Å². The zero-order chi connectivity index (χ0) is 9.72. The van der Waals surface area contributed by atoms with Gasteiger partial charge in [0.15, 0.2) is 5.78 Å². The van der Waals surface area contributed by atoms with Crippen LogP contribution in [0.25, 0.3) is 0 Å². The van der Waals surface area contributed by atoms with E-state index < -0.39 is 0 Å². The summed E-state index contributed by atoms with van der Waals surface area (Å²) in [4.78, 5) is 10.7. The Morgan fingerprint density at radius 3 is 2.25 bits per heavy atom. The summed E-state index contributed by atoms with van der Waals surface area (Å²) in [6.07, 6.45) is 2.18. The molecule has 0 radical (unpaired) electrons. The highest BCUT2D eigenvalue weighted by Gasteiger charge is 2.15. The predicted octanol–water partition coefficient (Wildman–Crippen LogP) is 2.70. The third-order valence-electron chi connectivity index (χ3n) is 1.98. The van der Waals surface area contributed by atoms with Crippen molar-refractivity contribution in [2.75, 3.05) is 0 Å². The molecule has 0 aromatic rings. The average Bonchev–Trinajstić information content (AvgIpc) is 1.85. The van der Waals surface area contributed by atoms with Gasteiger partial charge in [0.1, 0.15) is 0 Å². The molecule has 0 amide bonds. The maximum absolute atomic E-state index is 10.7. The van der Waals surface area contributed by atoms with E-state index in [0.29, 0.717) is 5.92 Å². The van der Waals surface area contributed by atoms with E-state index in [4.69, 9.17) is 0 Å². The third-order valence-corrected chi connectivity index (χ3v) is 1.98. The first-order chi connectivity index (χ1) is 5.49. The molecule has 0 aromatic carbocycles. The van der Waals surface area contributed by atoms with Crippen LogP contribution in [-0.4, -0.2) is 10.9 Å². The van der Waals surface area contributed by atoms with Crippen LogP contribution in [0.2, 0.25) is 0 Å². The Hall–Kier alpha value is -0.790. The van der Waals surface area contributed by atoms with Crippen molar-refractivity contribution < 1.29 is 9.90 Å². The van der Waals surface area contributed by atoms with Crippen molar-refractivity contribution in [3.8, 4) is 0 Å². The zero-order valence-electron chi connectivity index (χ0n) is 8.29. The SMILES string of the molecule is CCC(C(O)=CC(C)=O)C(C)C. The van der Waals surface area contributed by atoms with E-state index in [0.717, 1.165) is 6.42 Å². The van der Waals surface area contributed by atoms with Crippen molar-refractivity contribution in [2.45, 2.75) is 34.1 Å². The fourth-order valence-electron chi connectivity index (χ4n) is 1.34. The number of carbonyl (C=O) groups is 1. The van der Waals surface area contributed by atoms with E-state index in [2.05, 4.69) is 0 Å². The molecule has 0 aliphatic heterocycles. The number of hydrogen-bond donors (Lipinski definition) is 1. The van der Waals surface area contributed by atoms with Crippen LogP contribution in [0.4, 0.5) is 0 Å².